The van der Waals surface area contributed by atoms with Crippen molar-refractivity contribution >= 4 is 30.1 Å². The molecule has 0 saturated carbocycles. The number of aliphatic imine (C=N–C) groups is 1. The number of hydrogen-bond donors (Lipinski definition) is 4. The zero-order valence-corrected chi connectivity index (χ0v) is 23.2. The van der Waals surface area contributed by atoms with Crippen LogP contribution in [0.1, 0.15) is 64.3 Å². The molecule has 1 aromatic rings. The number of nitrogens with two attached hydrogens (primary N) is 1. The molecular formula is C25H39N7O7. The maximum Gasteiger partial charge on any atom is 0.408 e. The highest BCUT2D eigenvalue weighted by Gasteiger charge is 2.50. The number of amidine groups is 1. The first kappa shape index (κ1) is 28.6. The molecule has 0 bridgehead atoms. The fourth-order valence-electron chi connectivity index (χ4n) is 5.15. The number of amides is 1. The van der Waals surface area contributed by atoms with Gasteiger partial charge in [-0.15, -0.1) is 0 Å². The van der Waals surface area contributed by atoms with Crippen molar-refractivity contribution in [2.75, 3.05) is 27.3 Å². The second kappa shape index (κ2) is 10.7. The largest absolute Gasteiger partial charge is 0.464 e. The molecule has 0 spiro atoms. The molecule has 1 aromatic heterocycles. The highest BCUT2D eigenvalue weighted by Crippen LogP contribution is 2.47. The van der Waals surface area contributed by atoms with Crippen LogP contribution in [0, 0.1) is 0 Å². The third-order valence-corrected chi connectivity index (χ3v) is 6.93. The minimum Gasteiger partial charge on any atom is -0.464 e. The Balaban J connectivity index is 1.46. The molecule has 1 amide bonds. The fraction of sp³-hybridized carbons (Fsp3) is 0.680. The van der Waals surface area contributed by atoms with Crippen molar-refractivity contribution in [2.24, 2.45) is 15.8 Å². The van der Waals surface area contributed by atoms with E-state index >= 15 is 0 Å². The standard InChI is InChI=1S/C25H39N7O7/c1-14(28-23(36)39-24(2,3)4)22(35)37-11-8-16(33)18(34)25(9-7-10-38-25)32-12-15-17-20(32)27-13-30(5)21(17)31(6)29-19(15)26/h12-14,16,18,21,33-34H,7-11H2,1-6H3,(H2,26,29)(H,28,36)/t14?,16?,18?,21?,25-/m0/s1. The summed E-state index contributed by atoms with van der Waals surface area (Å²) in [5.41, 5.74) is 5.76. The van der Waals surface area contributed by atoms with E-state index in [1.807, 2.05) is 19.0 Å². The summed E-state index contributed by atoms with van der Waals surface area (Å²) in [7, 11) is 3.71. The maximum atomic E-state index is 12.3. The molecule has 0 aromatic carbocycles. The van der Waals surface area contributed by atoms with Crippen LogP contribution < -0.4 is 11.1 Å². The van der Waals surface area contributed by atoms with Crippen LogP contribution in [-0.4, -0.2) is 100 Å². The van der Waals surface area contributed by atoms with Gasteiger partial charge < -0.3 is 44.9 Å². The van der Waals surface area contributed by atoms with Crippen molar-refractivity contribution in [1.29, 1.82) is 0 Å². The first-order chi connectivity index (χ1) is 18.2. The van der Waals surface area contributed by atoms with Gasteiger partial charge in [-0.25, -0.2) is 14.6 Å². The normalized spacial score (nSPS) is 24.5. The Kier molecular flexibility index (Phi) is 7.83. The number of ether oxygens (including phenoxy) is 3. The van der Waals surface area contributed by atoms with Crippen LogP contribution in [0.4, 0.5) is 10.6 Å². The van der Waals surface area contributed by atoms with Gasteiger partial charge in [0, 0.05) is 45.3 Å². The molecule has 14 heteroatoms. The number of nitrogens with one attached hydrogen (secondary N) is 1. The van der Waals surface area contributed by atoms with Gasteiger partial charge >= 0.3 is 12.1 Å². The average molecular weight is 550 g/mol. The highest BCUT2D eigenvalue weighted by atomic mass is 16.6. The van der Waals surface area contributed by atoms with Gasteiger partial charge in [0.25, 0.3) is 0 Å². The van der Waals surface area contributed by atoms with Gasteiger partial charge in [0.2, 0.25) is 0 Å². The van der Waals surface area contributed by atoms with E-state index in [0.29, 0.717) is 36.7 Å². The Labute approximate surface area is 227 Å². The number of hydrogen-bond acceptors (Lipinski definition) is 12. The number of carbonyl (C=O) groups excluding carboxylic acids is 2. The van der Waals surface area contributed by atoms with Crippen molar-refractivity contribution in [3.05, 3.63) is 17.3 Å². The average Bonchev–Trinajstić information content (AvgIpc) is 3.47. The predicted molar refractivity (Wildman–Crippen MR) is 141 cm³/mol. The summed E-state index contributed by atoms with van der Waals surface area (Å²) in [6.45, 7) is 6.81. The fourth-order valence-corrected chi connectivity index (χ4v) is 5.15. The molecule has 5 N–H and O–H groups in total. The van der Waals surface area contributed by atoms with Crippen LogP contribution in [0.3, 0.4) is 0 Å². The summed E-state index contributed by atoms with van der Waals surface area (Å²) >= 11 is 0. The number of rotatable bonds is 8. The zero-order chi connectivity index (χ0) is 28.7. The molecule has 0 radical (unpaired) electrons. The van der Waals surface area contributed by atoms with Crippen LogP contribution in [-0.2, 0) is 24.7 Å². The van der Waals surface area contributed by atoms with E-state index in [-0.39, 0.29) is 19.2 Å². The Bertz CT molecular complexity index is 1150. The lowest BCUT2D eigenvalue weighted by Gasteiger charge is -2.40. The molecule has 1 saturated heterocycles. The summed E-state index contributed by atoms with van der Waals surface area (Å²) in [6.07, 6.45) is 0.822. The number of aliphatic hydroxyl groups excluding tert-OH is 2. The number of nitrogens with zero attached hydrogens (tertiary/aromatic N) is 5. The van der Waals surface area contributed by atoms with Crippen LogP contribution in [0.15, 0.2) is 16.3 Å². The van der Waals surface area contributed by atoms with E-state index in [1.54, 1.807) is 42.9 Å². The molecule has 39 heavy (non-hydrogen) atoms. The molecule has 3 aliphatic heterocycles. The Morgan fingerprint density at radius 3 is 2.69 bits per heavy atom. The van der Waals surface area contributed by atoms with Gasteiger partial charge in [0.05, 0.1) is 24.6 Å². The van der Waals surface area contributed by atoms with Gasteiger partial charge in [-0.3, -0.25) is 5.01 Å². The Morgan fingerprint density at radius 1 is 1.33 bits per heavy atom. The first-order valence-corrected chi connectivity index (χ1v) is 13.0. The van der Waals surface area contributed by atoms with Crippen LogP contribution in [0.5, 0.6) is 0 Å². The lowest BCUT2D eigenvalue weighted by Crippen LogP contribution is -2.51. The molecule has 4 heterocycles. The van der Waals surface area contributed by atoms with Crippen molar-refractivity contribution in [3.63, 3.8) is 0 Å². The van der Waals surface area contributed by atoms with Gasteiger partial charge in [0.15, 0.2) is 11.6 Å². The SMILES string of the molecule is CC(NC(=O)OC(C)(C)C)C(=O)OCCC(O)C(O)[C@]1(n2cc3c4c2N=CN(C)C4N(C)N=C3N)CCCO1. The number of esters is 1. The van der Waals surface area contributed by atoms with E-state index in [9.17, 15) is 19.8 Å². The van der Waals surface area contributed by atoms with Gasteiger partial charge in [-0.1, -0.05) is 0 Å². The minimum absolute atomic E-state index is 0.0611. The first-order valence-electron chi connectivity index (χ1n) is 13.0. The van der Waals surface area contributed by atoms with Crippen LogP contribution in [0.2, 0.25) is 0 Å². The van der Waals surface area contributed by atoms with Crippen molar-refractivity contribution in [2.45, 2.75) is 82.7 Å². The molecule has 4 rings (SSSR count). The number of alkyl carbamates (subject to hydrolysis) is 1. The van der Waals surface area contributed by atoms with E-state index < -0.39 is 41.6 Å². The van der Waals surface area contributed by atoms with Crippen molar-refractivity contribution < 1.29 is 34.0 Å². The lowest BCUT2D eigenvalue weighted by atomic mass is 9.96. The molecular weight excluding hydrogens is 510 g/mol. The maximum absolute atomic E-state index is 12.3. The van der Waals surface area contributed by atoms with E-state index in [0.717, 1.165) is 5.56 Å². The van der Waals surface area contributed by atoms with Gasteiger partial charge in [-0.05, 0) is 34.1 Å². The minimum atomic E-state index is -1.37. The van der Waals surface area contributed by atoms with Crippen LogP contribution >= 0.6 is 0 Å². The Morgan fingerprint density at radius 2 is 2.05 bits per heavy atom. The topological polar surface area (TPSA) is 176 Å². The molecule has 0 aliphatic carbocycles. The second-order valence-corrected chi connectivity index (χ2v) is 11.1. The highest BCUT2D eigenvalue weighted by molar-refractivity contribution is 6.01. The van der Waals surface area contributed by atoms with Gasteiger partial charge in [0.1, 0.15) is 29.7 Å². The summed E-state index contributed by atoms with van der Waals surface area (Å²) < 4.78 is 18.3. The van der Waals surface area contributed by atoms with E-state index in [4.69, 9.17) is 19.9 Å². The molecule has 1 fully saturated rings. The monoisotopic (exact) mass is 549 g/mol. The molecule has 4 unspecified atom stereocenters. The molecule has 5 atom stereocenters. The summed E-state index contributed by atoms with van der Waals surface area (Å²) in [6, 6.07) is -0.958. The smallest absolute Gasteiger partial charge is 0.408 e. The summed E-state index contributed by atoms with van der Waals surface area (Å²) in [5.74, 6) is 0.193. The third-order valence-electron chi connectivity index (χ3n) is 6.93. The third kappa shape index (κ3) is 5.54. The second-order valence-electron chi connectivity index (χ2n) is 11.1. The van der Waals surface area contributed by atoms with Crippen molar-refractivity contribution in [1.82, 2.24) is 19.8 Å². The van der Waals surface area contributed by atoms with Crippen LogP contribution in [0.25, 0.3) is 0 Å². The predicted octanol–water partition coefficient (Wildman–Crippen LogP) is 0.689. The molecule has 216 valence electrons. The molecule has 3 aliphatic rings. The quantitative estimate of drug-likeness (QED) is 0.337. The number of hydrazone groups is 1. The summed E-state index contributed by atoms with van der Waals surface area (Å²) in [5, 5.41) is 31.0. The molecule has 14 nitrogen and oxygen atoms in total. The number of carbonyl (C=O) groups is 2. The number of aliphatic hydroxyl groups is 2. The zero-order valence-electron chi connectivity index (χ0n) is 23.2. The Hall–Kier alpha value is -3.36. The van der Waals surface area contributed by atoms with Gasteiger partial charge in [-0.2, -0.15) is 5.10 Å². The number of aromatic nitrogens is 1. The lowest BCUT2D eigenvalue weighted by molar-refractivity contribution is -0.183. The van der Waals surface area contributed by atoms with E-state index in [2.05, 4.69) is 15.4 Å². The summed E-state index contributed by atoms with van der Waals surface area (Å²) in [4.78, 5) is 30.8. The van der Waals surface area contributed by atoms with Crippen molar-refractivity contribution in [3.8, 4) is 0 Å². The van der Waals surface area contributed by atoms with E-state index in [1.165, 1.54) is 6.92 Å².